The van der Waals surface area contributed by atoms with Crippen LogP contribution in [0.5, 0.6) is 0 Å². The van der Waals surface area contributed by atoms with Crippen LogP contribution in [0.15, 0.2) is 35.7 Å². The Morgan fingerprint density at radius 1 is 1.46 bits per heavy atom. The Hall–Kier alpha value is -3.38. The van der Waals surface area contributed by atoms with Gasteiger partial charge < -0.3 is 4.74 Å². The van der Waals surface area contributed by atoms with Gasteiger partial charge in [0.2, 0.25) is 0 Å². The van der Waals surface area contributed by atoms with E-state index in [1.807, 2.05) is 6.07 Å². The maximum Gasteiger partial charge on any atom is 0.331 e. The van der Waals surface area contributed by atoms with Crippen LogP contribution in [0.2, 0.25) is 0 Å². The molecule has 1 aromatic carbocycles. The first kappa shape index (κ1) is 19.0. The van der Waals surface area contributed by atoms with Crippen molar-refractivity contribution >= 4 is 34.9 Å². The number of esters is 1. The SMILES string of the molecule is Cc1csc([C@@H](C#N)C(=O)COC(=O)/C=C/c2ccccc2[N+](=O)[O-])n1. The van der Waals surface area contributed by atoms with Crippen LogP contribution in [0.25, 0.3) is 6.08 Å². The molecule has 2 rings (SSSR count). The fraction of sp³-hybridized carbons (Fsp3) is 0.176. The van der Waals surface area contributed by atoms with Crippen molar-refractivity contribution in [1.29, 1.82) is 5.26 Å². The Bertz CT molecular complexity index is 913. The molecule has 0 unspecified atom stereocenters. The monoisotopic (exact) mass is 371 g/mol. The van der Waals surface area contributed by atoms with Crippen LogP contribution in [0.1, 0.15) is 22.2 Å². The Labute approximate surface area is 152 Å². The third kappa shape index (κ3) is 4.81. The molecule has 8 nitrogen and oxygen atoms in total. The van der Waals surface area contributed by atoms with Gasteiger partial charge in [-0.05, 0) is 19.1 Å². The fourth-order valence-electron chi connectivity index (χ4n) is 2.00. The van der Waals surface area contributed by atoms with Crippen LogP contribution in [-0.2, 0) is 14.3 Å². The van der Waals surface area contributed by atoms with Crippen molar-refractivity contribution in [2.75, 3.05) is 6.61 Å². The minimum Gasteiger partial charge on any atom is -0.454 e. The molecular weight excluding hydrogens is 358 g/mol. The van der Waals surface area contributed by atoms with Crippen LogP contribution in [0, 0.1) is 28.4 Å². The average molecular weight is 371 g/mol. The molecule has 0 saturated heterocycles. The first-order valence-corrected chi connectivity index (χ1v) is 8.23. The van der Waals surface area contributed by atoms with E-state index in [0.29, 0.717) is 10.7 Å². The predicted octanol–water partition coefficient (Wildman–Crippen LogP) is 2.79. The van der Waals surface area contributed by atoms with Crippen molar-refractivity contribution in [2.45, 2.75) is 12.8 Å². The molecule has 1 atom stereocenters. The number of nitrogens with zero attached hydrogens (tertiary/aromatic N) is 3. The smallest absolute Gasteiger partial charge is 0.331 e. The number of benzene rings is 1. The summed E-state index contributed by atoms with van der Waals surface area (Å²) >= 11 is 1.18. The van der Waals surface area contributed by atoms with Crippen molar-refractivity contribution in [3.8, 4) is 6.07 Å². The summed E-state index contributed by atoms with van der Waals surface area (Å²) in [4.78, 5) is 38.2. The molecule has 26 heavy (non-hydrogen) atoms. The second-order valence-corrected chi connectivity index (χ2v) is 6.00. The number of thiazole rings is 1. The van der Waals surface area contributed by atoms with Crippen molar-refractivity contribution in [2.24, 2.45) is 0 Å². The Morgan fingerprint density at radius 3 is 2.81 bits per heavy atom. The number of ketones is 1. The van der Waals surface area contributed by atoms with Crippen LogP contribution >= 0.6 is 11.3 Å². The minimum absolute atomic E-state index is 0.156. The third-order valence-corrected chi connectivity index (χ3v) is 4.25. The maximum absolute atomic E-state index is 12.1. The highest BCUT2D eigenvalue weighted by atomic mass is 32.1. The van der Waals surface area contributed by atoms with Crippen LogP contribution in [0.3, 0.4) is 0 Å². The lowest BCUT2D eigenvalue weighted by Crippen LogP contribution is -2.19. The summed E-state index contributed by atoms with van der Waals surface area (Å²) < 4.78 is 4.82. The molecule has 0 fully saturated rings. The largest absolute Gasteiger partial charge is 0.454 e. The van der Waals surface area contributed by atoms with E-state index >= 15 is 0 Å². The molecule has 0 aliphatic carbocycles. The minimum atomic E-state index is -1.10. The maximum atomic E-state index is 12.1. The average Bonchev–Trinajstić information content (AvgIpc) is 3.05. The molecule has 1 aromatic heterocycles. The van der Waals surface area contributed by atoms with E-state index in [1.54, 1.807) is 18.4 Å². The molecule has 0 N–H and O–H groups in total. The lowest BCUT2D eigenvalue weighted by Gasteiger charge is -2.05. The number of rotatable bonds is 7. The van der Waals surface area contributed by atoms with Gasteiger partial charge >= 0.3 is 5.97 Å². The number of hydrogen-bond donors (Lipinski definition) is 0. The van der Waals surface area contributed by atoms with Crippen molar-refractivity contribution < 1.29 is 19.2 Å². The number of para-hydroxylation sites is 1. The number of nitro benzene ring substituents is 1. The van der Waals surface area contributed by atoms with Gasteiger partial charge in [0.05, 0.1) is 16.6 Å². The molecule has 0 saturated carbocycles. The molecular formula is C17H13N3O5S. The van der Waals surface area contributed by atoms with E-state index < -0.39 is 29.2 Å². The van der Waals surface area contributed by atoms with Gasteiger partial charge in [-0.2, -0.15) is 5.26 Å². The first-order chi connectivity index (χ1) is 12.4. The Balaban J connectivity index is 1.97. The molecule has 2 aromatic rings. The first-order valence-electron chi connectivity index (χ1n) is 7.35. The second kappa shape index (κ2) is 8.64. The van der Waals surface area contributed by atoms with Gasteiger partial charge in [0, 0.05) is 23.2 Å². The van der Waals surface area contributed by atoms with Crippen molar-refractivity contribution in [3.63, 3.8) is 0 Å². The topological polar surface area (TPSA) is 123 Å². The predicted molar refractivity (Wildman–Crippen MR) is 93.3 cm³/mol. The fourth-order valence-corrected chi connectivity index (χ4v) is 2.86. The summed E-state index contributed by atoms with van der Waals surface area (Å²) in [5.74, 6) is -2.53. The van der Waals surface area contributed by atoms with Crippen LogP contribution in [0.4, 0.5) is 5.69 Å². The quantitative estimate of drug-likeness (QED) is 0.317. The summed E-state index contributed by atoms with van der Waals surface area (Å²) in [5.41, 5.74) is 0.771. The van der Waals surface area contributed by atoms with Crippen molar-refractivity contribution in [3.05, 3.63) is 62.1 Å². The van der Waals surface area contributed by atoms with Gasteiger partial charge in [-0.15, -0.1) is 11.3 Å². The summed E-state index contributed by atoms with van der Waals surface area (Å²) in [6.07, 6.45) is 2.22. The zero-order valence-electron chi connectivity index (χ0n) is 13.6. The van der Waals surface area contributed by atoms with Crippen LogP contribution in [-0.4, -0.2) is 28.3 Å². The number of hydrogen-bond acceptors (Lipinski definition) is 8. The highest BCUT2D eigenvalue weighted by Crippen LogP contribution is 2.21. The number of nitriles is 1. The van der Waals surface area contributed by atoms with E-state index in [2.05, 4.69) is 4.98 Å². The van der Waals surface area contributed by atoms with E-state index in [1.165, 1.54) is 35.6 Å². The van der Waals surface area contributed by atoms with Gasteiger partial charge in [0.1, 0.15) is 5.01 Å². The van der Waals surface area contributed by atoms with E-state index in [9.17, 15) is 19.7 Å². The molecule has 0 bridgehead atoms. The summed E-state index contributed by atoms with van der Waals surface area (Å²) in [6.45, 7) is 1.16. The molecule has 0 aliphatic heterocycles. The normalized spacial score (nSPS) is 11.7. The van der Waals surface area contributed by atoms with E-state index in [4.69, 9.17) is 10.00 Å². The Morgan fingerprint density at radius 2 is 2.19 bits per heavy atom. The Kier molecular flexibility index (Phi) is 6.30. The third-order valence-electron chi connectivity index (χ3n) is 3.22. The van der Waals surface area contributed by atoms with Gasteiger partial charge in [-0.25, -0.2) is 9.78 Å². The number of aryl methyl sites for hydroxylation is 1. The number of ether oxygens (including phenoxy) is 1. The molecule has 0 radical (unpaired) electrons. The van der Waals surface area contributed by atoms with Crippen LogP contribution < -0.4 is 0 Å². The number of nitro groups is 1. The van der Waals surface area contributed by atoms with E-state index in [-0.39, 0.29) is 11.3 Å². The molecule has 0 spiro atoms. The van der Waals surface area contributed by atoms with Crippen molar-refractivity contribution in [1.82, 2.24) is 4.98 Å². The highest BCUT2D eigenvalue weighted by molar-refractivity contribution is 7.09. The van der Waals surface area contributed by atoms with E-state index in [0.717, 1.165) is 6.08 Å². The molecule has 0 aliphatic rings. The highest BCUT2D eigenvalue weighted by Gasteiger charge is 2.24. The number of aromatic nitrogens is 1. The van der Waals surface area contributed by atoms with Gasteiger partial charge in [-0.3, -0.25) is 14.9 Å². The molecule has 132 valence electrons. The zero-order chi connectivity index (χ0) is 19.1. The summed E-state index contributed by atoms with van der Waals surface area (Å²) in [5, 5.41) is 22.1. The van der Waals surface area contributed by atoms with Gasteiger partial charge in [0.15, 0.2) is 18.3 Å². The molecule has 9 heteroatoms. The number of Topliss-reactive ketones (excluding diaryl/α,β-unsaturated/α-hetero) is 1. The standard InChI is InChI=1S/C17H13N3O5S/c1-11-10-26-17(19-11)13(8-18)15(21)9-25-16(22)7-6-12-4-2-3-5-14(12)20(23)24/h2-7,10,13H,9H2,1H3/b7-6+/t13-/m0/s1. The number of carbonyl (C=O) groups is 2. The van der Waals surface area contributed by atoms with Gasteiger partial charge in [0.25, 0.3) is 5.69 Å². The number of carbonyl (C=O) groups excluding carboxylic acids is 2. The summed E-state index contributed by atoms with van der Waals surface area (Å²) in [6, 6.07) is 7.73. The molecule has 0 amide bonds. The lowest BCUT2D eigenvalue weighted by molar-refractivity contribution is -0.385. The summed E-state index contributed by atoms with van der Waals surface area (Å²) in [7, 11) is 0. The molecule has 1 heterocycles. The second-order valence-electron chi connectivity index (χ2n) is 5.11. The lowest BCUT2D eigenvalue weighted by atomic mass is 10.1. The van der Waals surface area contributed by atoms with Gasteiger partial charge in [-0.1, -0.05) is 12.1 Å². The zero-order valence-corrected chi connectivity index (χ0v) is 14.4.